The third kappa shape index (κ3) is 5.65. The standard InChI is InChI=1S/C20H28N4O.HI/c1-3-21-20(22-11-10-18-7-5-13-25-18)23-15-16-8-9-19-17(14-16)6-4-12-24(19)2;/h5,7-9,13-14H,3-4,6,10-12,15H2,1-2H3,(H2,21,22,23);1H. The van der Waals surface area contributed by atoms with Crippen LogP contribution in [0.2, 0.25) is 0 Å². The first-order chi connectivity index (χ1) is 12.3. The second kappa shape index (κ2) is 10.4. The van der Waals surface area contributed by atoms with E-state index in [1.54, 1.807) is 6.26 Å². The zero-order valence-electron chi connectivity index (χ0n) is 15.6. The number of hydrogen-bond acceptors (Lipinski definition) is 3. The Kier molecular flexibility index (Phi) is 8.28. The number of nitrogens with one attached hydrogen (secondary N) is 2. The molecule has 142 valence electrons. The fraction of sp³-hybridized carbons (Fsp3) is 0.450. The van der Waals surface area contributed by atoms with E-state index in [1.165, 1.54) is 29.7 Å². The predicted octanol–water partition coefficient (Wildman–Crippen LogP) is 3.58. The molecule has 5 nitrogen and oxygen atoms in total. The smallest absolute Gasteiger partial charge is 0.191 e. The molecule has 0 fully saturated rings. The van der Waals surface area contributed by atoms with Gasteiger partial charge >= 0.3 is 0 Å². The van der Waals surface area contributed by atoms with E-state index < -0.39 is 0 Å². The van der Waals surface area contributed by atoms with Gasteiger partial charge in [0.05, 0.1) is 12.8 Å². The zero-order chi connectivity index (χ0) is 17.5. The average Bonchev–Trinajstić information content (AvgIpc) is 3.13. The minimum atomic E-state index is 0. The molecular formula is C20H29IN4O. The molecule has 2 heterocycles. The molecule has 0 radical (unpaired) electrons. The highest BCUT2D eigenvalue weighted by molar-refractivity contribution is 14.0. The zero-order valence-corrected chi connectivity index (χ0v) is 18.0. The number of aliphatic imine (C=N–C) groups is 1. The number of halogens is 1. The summed E-state index contributed by atoms with van der Waals surface area (Å²) in [6.07, 6.45) is 4.95. The molecule has 1 aliphatic heterocycles. The summed E-state index contributed by atoms with van der Waals surface area (Å²) in [7, 11) is 2.17. The molecule has 0 unspecified atom stereocenters. The van der Waals surface area contributed by atoms with Gasteiger partial charge in [0.15, 0.2) is 5.96 Å². The highest BCUT2D eigenvalue weighted by Crippen LogP contribution is 2.26. The summed E-state index contributed by atoms with van der Waals surface area (Å²) in [6.45, 7) is 5.57. The molecule has 2 N–H and O–H groups in total. The molecule has 0 atom stereocenters. The number of rotatable bonds is 6. The lowest BCUT2D eigenvalue weighted by atomic mass is 10.00. The number of nitrogens with zero attached hydrogens (tertiary/aromatic N) is 2. The average molecular weight is 468 g/mol. The van der Waals surface area contributed by atoms with Gasteiger partial charge in [-0.2, -0.15) is 0 Å². The largest absolute Gasteiger partial charge is 0.469 e. The van der Waals surface area contributed by atoms with Crippen LogP contribution in [0.4, 0.5) is 5.69 Å². The third-order valence-corrected chi connectivity index (χ3v) is 4.50. The Bertz CT molecular complexity index is 700. The third-order valence-electron chi connectivity index (χ3n) is 4.50. The minimum absolute atomic E-state index is 0. The van der Waals surface area contributed by atoms with Crippen molar-refractivity contribution in [2.75, 3.05) is 31.6 Å². The van der Waals surface area contributed by atoms with Crippen molar-refractivity contribution >= 4 is 35.6 Å². The van der Waals surface area contributed by atoms with Gasteiger partial charge in [0.2, 0.25) is 0 Å². The topological polar surface area (TPSA) is 52.8 Å². The summed E-state index contributed by atoms with van der Waals surface area (Å²) in [5, 5.41) is 6.67. The van der Waals surface area contributed by atoms with Crippen LogP contribution in [0.3, 0.4) is 0 Å². The Morgan fingerprint density at radius 3 is 2.92 bits per heavy atom. The number of furan rings is 1. The molecule has 1 aromatic heterocycles. The first-order valence-corrected chi connectivity index (χ1v) is 9.13. The number of benzene rings is 1. The van der Waals surface area contributed by atoms with Crippen LogP contribution in [0.5, 0.6) is 0 Å². The van der Waals surface area contributed by atoms with E-state index in [-0.39, 0.29) is 24.0 Å². The van der Waals surface area contributed by atoms with Crippen molar-refractivity contribution in [2.45, 2.75) is 32.7 Å². The quantitative estimate of drug-likeness (QED) is 0.387. The van der Waals surface area contributed by atoms with E-state index >= 15 is 0 Å². The van der Waals surface area contributed by atoms with Gasteiger partial charge in [0, 0.05) is 38.8 Å². The van der Waals surface area contributed by atoms with Crippen LogP contribution in [0.25, 0.3) is 0 Å². The predicted molar refractivity (Wildman–Crippen MR) is 119 cm³/mol. The second-order valence-electron chi connectivity index (χ2n) is 6.44. The van der Waals surface area contributed by atoms with Crippen LogP contribution in [-0.2, 0) is 19.4 Å². The van der Waals surface area contributed by atoms with Crippen molar-refractivity contribution in [1.82, 2.24) is 10.6 Å². The van der Waals surface area contributed by atoms with E-state index in [4.69, 9.17) is 9.41 Å². The van der Waals surface area contributed by atoms with Gasteiger partial charge in [-0.1, -0.05) is 12.1 Å². The van der Waals surface area contributed by atoms with Crippen LogP contribution < -0.4 is 15.5 Å². The molecule has 0 aliphatic carbocycles. The molecule has 0 saturated heterocycles. The van der Waals surface area contributed by atoms with Crippen molar-refractivity contribution in [3.05, 3.63) is 53.5 Å². The normalized spacial score (nSPS) is 13.8. The minimum Gasteiger partial charge on any atom is -0.469 e. The fourth-order valence-corrected chi connectivity index (χ4v) is 3.21. The highest BCUT2D eigenvalue weighted by Gasteiger charge is 2.13. The first kappa shape index (κ1) is 20.6. The Morgan fingerprint density at radius 1 is 1.27 bits per heavy atom. The molecule has 0 saturated carbocycles. The van der Waals surface area contributed by atoms with E-state index in [1.807, 2.05) is 12.1 Å². The van der Waals surface area contributed by atoms with Crippen LogP contribution in [-0.4, -0.2) is 32.6 Å². The van der Waals surface area contributed by atoms with E-state index in [9.17, 15) is 0 Å². The van der Waals surface area contributed by atoms with Gasteiger partial charge in [0.1, 0.15) is 5.76 Å². The number of fused-ring (bicyclic) bond motifs is 1. The maximum Gasteiger partial charge on any atom is 0.191 e. The van der Waals surface area contributed by atoms with Crippen molar-refractivity contribution in [3.63, 3.8) is 0 Å². The molecule has 0 amide bonds. The molecule has 1 aliphatic rings. The van der Waals surface area contributed by atoms with Crippen molar-refractivity contribution < 1.29 is 4.42 Å². The molecular weight excluding hydrogens is 439 g/mol. The Hall–Kier alpha value is -1.70. The summed E-state index contributed by atoms with van der Waals surface area (Å²) in [4.78, 5) is 7.06. The van der Waals surface area contributed by atoms with Gasteiger partial charge in [0.25, 0.3) is 0 Å². The summed E-state index contributed by atoms with van der Waals surface area (Å²) in [5.74, 6) is 1.84. The van der Waals surface area contributed by atoms with Crippen molar-refractivity contribution in [2.24, 2.45) is 4.99 Å². The molecule has 26 heavy (non-hydrogen) atoms. The summed E-state index contributed by atoms with van der Waals surface area (Å²) in [6, 6.07) is 10.6. The van der Waals surface area contributed by atoms with Crippen LogP contribution >= 0.6 is 24.0 Å². The highest BCUT2D eigenvalue weighted by atomic mass is 127. The second-order valence-corrected chi connectivity index (χ2v) is 6.44. The molecule has 0 spiro atoms. The van der Waals surface area contributed by atoms with Gasteiger partial charge in [-0.05, 0) is 49.1 Å². The van der Waals surface area contributed by atoms with Crippen molar-refractivity contribution in [3.8, 4) is 0 Å². The number of guanidine groups is 1. The van der Waals surface area contributed by atoms with Gasteiger partial charge in [-0.3, -0.25) is 0 Å². The molecule has 0 bridgehead atoms. The summed E-state index contributed by atoms with van der Waals surface area (Å²) >= 11 is 0. The summed E-state index contributed by atoms with van der Waals surface area (Å²) in [5.41, 5.74) is 4.07. The fourth-order valence-electron chi connectivity index (χ4n) is 3.21. The van der Waals surface area contributed by atoms with Crippen LogP contribution in [0, 0.1) is 0 Å². The SMILES string of the molecule is CCNC(=NCc1ccc2c(c1)CCCN2C)NCCc1ccco1.I. The number of aryl methyl sites for hydroxylation is 1. The van der Waals surface area contributed by atoms with Gasteiger partial charge < -0.3 is 20.0 Å². The summed E-state index contributed by atoms with van der Waals surface area (Å²) < 4.78 is 5.36. The van der Waals surface area contributed by atoms with Gasteiger partial charge in [-0.25, -0.2) is 4.99 Å². The maximum absolute atomic E-state index is 5.36. The Morgan fingerprint density at radius 2 is 2.15 bits per heavy atom. The van der Waals surface area contributed by atoms with E-state index in [0.29, 0.717) is 6.54 Å². The van der Waals surface area contributed by atoms with Crippen LogP contribution in [0.1, 0.15) is 30.2 Å². The first-order valence-electron chi connectivity index (χ1n) is 9.13. The molecule has 6 heteroatoms. The molecule has 1 aromatic carbocycles. The number of anilines is 1. The van der Waals surface area contributed by atoms with Crippen LogP contribution in [0.15, 0.2) is 46.0 Å². The lowest BCUT2D eigenvalue weighted by molar-refractivity contribution is 0.507. The Balaban J connectivity index is 0.00000243. The van der Waals surface area contributed by atoms with Gasteiger partial charge in [-0.15, -0.1) is 24.0 Å². The lowest BCUT2D eigenvalue weighted by Gasteiger charge is -2.27. The molecule has 3 rings (SSSR count). The number of hydrogen-bond donors (Lipinski definition) is 2. The van der Waals surface area contributed by atoms with Crippen molar-refractivity contribution in [1.29, 1.82) is 0 Å². The molecule has 2 aromatic rings. The lowest BCUT2D eigenvalue weighted by Crippen LogP contribution is -2.38. The maximum atomic E-state index is 5.36. The Labute approximate surface area is 173 Å². The van der Waals surface area contributed by atoms with E-state index in [0.717, 1.165) is 37.8 Å². The van der Waals surface area contributed by atoms with E-state index in [2.05, 4.69) is 47.7 Å². The monoisotopic (exact) mass is 468 g/mol.